The Balaban J connectivity index is 2.28. The predicted molar refractivity (Wildman–Crippen MR) is 107 cm³/mol. The van der Waals surface area contributed by atoms with Gasteiger partial charge in [0.2, 0.25) is 0 Å². The molecule has 0 aliphatic heterocycles. The van der Waals surface area contributed by atoms with Crippen molar-refractivity contribution in [3.05, 3.63) is 17.7 Å². The third kappa shape index (κ3) is 9.75. The van der Waals surface area contributed by atoms with Crippen LogP contribution in [0.5, 0.6) is 17.2 Å². The normalized spacial score (nSPS) is 14.1. The van der Waals surface area contributed by atoms with Crippen LogP contribution in [0.3, 0.4) is 0 Å². The van der Waals surface area contributed by atoms with Crippen molar-refractivity contribution in [2.24, 2.45) is 0 Å². The van der Waals surface area contributed by atoms with Crippen molar-refractivity contribution in [2.45, 2.75) is 45.4 Å². The first-order valence-corrected chi connectivity index (χ1v) is 11.2. The molecule has 0 bridgehead atoms. The molecule has 9 heteroatoms. The van der Waals surface area contributed by atoms with Gasteiger partial charge in [-0.1, -0.05) is 19.8 Å². The predicted octanol–water partition coefficient (Wildman–Crippen LogP) is 3.53. The van der Waals surface area contributed by atoms with Gasteiger partial charge in [-0.2, -0.15) is 0 Å². The summed E-state index contributed by atoms with van der Waals surface area (Å²) in [5.41, 5.74) is 0.576. The zero-order valence-electron chi connectivity index (χ0n) is 17.1. The van der Waals surface area contributed by atoms with Crippen LogP contribution in [-0.2, 0) is 20.0 Å². The van der Waals surface area contributed by atoms with E-state index < -0.39 is 25.1 Å². The molecule has 0 fully saturated rings. The van der Waals surface area contributed by atoms with E-state index in [1.165, 1.54) is 31.4 Å². The first-order chi connectivity index (χ1) is 13.1. The van der Waals surface area contributed by atoms with Crippen LogP contribution in [0.1, 0.15) is 44.6 Å². The van der Waals surface area contributed by atoms with Crippen molar-refractivity contribution >= 4 is 7.82 Å². The van der Waals surface area contributed by atoms with Gasteiger partial charge in [0.15, 0.2) is 17.2 Å². The molecule has 162 valence electrons. The summed E-state index contributed by atoms with van der Waals surface area (Å²) in [4.78, 5) is 9.77. The summed E-state index contributed by atoms with van der Waals surface area (Å²) in [6.45, 7) is 3.91. The number of nitrogens with zero attached hydrogens (tertiary/aromatic N) is 1. The molecule has 0 aliphatic rings. The largest absolute Gasteiger partial charge is 0.504 e. The molecule has 0 saturated carbocycles. The highest BCUT2D eigenvalue weighted by atomic mass is 31.2. The van der Waals surface area contributed by atoms with Crippen molar-refractivity contribution in [1.29, 1.82) is 0 Å². The van der Waals surface area contributed by atoms with Crippen LogP contribution in [0.25, 0.3) is 0 Å². The van der Waals surface area contributed by atoms with Crippen LogP contribution < -0.4 is 0 Å². The molecule has 4 N–H and O–H groups in total. The number of rotatable bonds is 14. The quantitative estimate of drug-likeness (QED) is 0.157. The molecule has 0 heterocycles. The number of likely N-dealkylation sites (N-methyl/N-ethyl adjacent to an activating group) is 1. The van der Waals surface area contributed by atoms with Gasteiger partial charge in [0.1, 0.15) is 13.2 Å². The number of quaternary nitrogens is 1. The third-order valence-corrected chi connectivity index (χ3v) is 5.58. The minimum Gasteiger partial charge on any atom is -0.504 e. The summed E-state index contributed by atoms with van der Waals surface area (Å²) in [7, 11) is 0.0287. The van der Waals surface area contributed by atoms with Gasteiger partial charge in [-0.25, -0.2) is 4.57 Å². The van der Waals surface area contributed by atoms with Gasteiger partial charge in [0.05, 0.1) is 27.2 Å². The molecule has 1 atom stereocenters. The molecule has 0 radical (unpaired) electrons. The molecule has 0 saturated heterocycles. The fourth-order valence-corrected chi connectivity index (χ4v) is 3.53. The van der Waals surface area contributed by atoms with E-state index in [9.17, 15) is 24.8 Å². The van der Waals surface area contributed by atoms with Gasteiger partial charge in [-0.05, 0) is 43.4 Å². The third-order valence-electron chi connectivity index (χ3n) is 4.56. The van der Waals surface area contributed by atoms with Gasteiger partial charge in [-0.15, -0.1) is 0 Å². The standard InChI is InChI=1S/C19H34NO7P/c1-4-5-6-7-10-20(2,3)11-13-27-28(24,25)26-12-8-9-16-14-17(21)19(23)18(22)15-16/h14-15H,4-13H2,1-3H3,(H3-,21,22,23,24,25)/p+1. The Morgan fingerprint density at radius 3 is 2.14 bits per heavy atom. The van der Waals surface area contributed by atoms with Crippen molar-refractivity contribution in [3.63, 3.8) is 0 Å². The number of phenols is 3. The number of phenolic OH excluding ortho intramolecular Hbond substituents is 3. The number of phosphoric ester groups is 1. The summed E-state index contributed by atoms with van der Waals surface area (Å²) in [6.07, 6.45) is 5.50. The number of unbranched alkanes of at least 4 members (excludes halogenated alkanes) is 3. The monoisotopic (exact) mass is 420 g/mol. The zero-order chi connectivity index (χ0) is 21.2. The number of hydrogen-bond donors (Lipinski definition) is 4. The molecule has 1 aromatic carbocycles. The highest BCUT2D eigenvalue weighted by molar-refractivity contribution is 7.47. The molecular formula is C19H35NO7P+. The second-order valence-corrected chi connectivity index (χ2v) is 9.12. The Hall–Kier alpha value is -1.31. The lowest BCUT2D eigenvalue weighted by Gasteiger charge is -2.29. The minimum atomic E-state index is -4.11. The second kappa shape index (κ2) is 11.6. The molecule has 1 aromatic rings. The Morgan fingerprint density at radius 1 is 0.929 bits per heavy atom. The van der Waals surface area contributed by atoms with Gasteiger partial charge >= 0.3 is 7.82 Å². The Kier molecular flexibility index (Phi) is 10.3. The maximum Gasteiger partial charge on any atom is 0.472 e. The van der Waals surface area contributed by atoms with E-state index in [-0.39, 0.29) is 13.2 Å². The topological polar surface area (TPSA) is 116 Å². The van der Waals surface area contributed by atoms with E-state index in [0.29, 0.717) is 24.9 Å². The molecule has 1 unspecified atom stereocenters. The molecule has 28 heavy (non-hydrogen) atoms. The van der Waals surface area contributed by atoms with Gasteiger partial charge in [0.25, 0.3) is 0 Å². The van der Waals surface area contributed by atoms with Crippen molar-refractivity contribution < 1.29 is 38.3 Å². The van der Waals surface area contributed by atoms with Gasteiger partial charge < -0.3 is 24.7 Å². The fourth-order valence-electron chi connectivity index (χ4n) is 2.78. The van der Waals surface area contributed by atoms with Crippen molar-refractivity contribution in [1.82, 2.24) is 0 Å². The van der Waals surface area contributed by atoms with Crippen molar-refractivity contribution in [2.75, 3.05) is 40.4 Å². The van der Waals surface area contributed by atoms with Crippen LogP contribution in [0.15, 0.2) is 12.1 Å². The maximum absolute atomic E-state index is 12.0. The Morgan fingerprint density at radius 2 is 1.54 bits per heavy atom. The lowest BCUT2D eigenvalue weighted by atomic mass is 10.1. The number of aromatic hydroxyl groups is 3. The van der Waals surface area contributed by atoms with Crippen LogP contribution in [0, 0.1) is 0 Å². The van der Waals surface area contributed by atoms with Gasteiger partial charge in [-0.3, -0.25) is 9.05 Å². The fraction of sp³-hybridized carbons (Fsp3) is 0.684. The molecule has 0 aromatic heterocycles. The van der Waals surface area contributed by atoms with Gasteiger partial charge in [0, 0.05) is 0 Å². The maximum atomic E-state index is 12.0. The number of benzene rings is 1. The van der Waals surface area contributed by atoms with E-state index in [2.05, 4.69) is 21.0 Å². The van der Waals surface area contributed by atoms with E-state index in [1.807, 2.05) is 0 Å². The summed E-state index contributed by atoms with van der Waals surface area (Å²) >= 11 is 0. The van der Waals surface area contributed by atoms with E-state index in [1.54, 1.807) is 0 Å². The zero-order valence-corrected chi connectivity index (χ0v) is 18.0. The number of hydrogen-bond acceptors (Lipinski definition) is 6. The molecule has 0 aliphatic carbocycles. The molecule has 8 nitrogen and oxygen atoms in total. The van der Waals surface area contributed by atoms with E-state index in [4.69, 9.17) is 9.05 Å². The lowest BCUT2D eigenvalue weighted by Crippen LogP contribution is -2.42. The summed E-state index contributed by atoms with van der Waals surface area (Å²) in [5, 5.41) is 28.2. The van der Waals surface area contributed by atoms with Crippen LogP contribution in [-0.4, -0.2) is 65.1 Å². The summed E-state index contributed by atoms with van der Waals surface area (Å²) in [5.74, 6) is -1.40. The highest BCUT2D eigenvalue weighted by Gasteiger charge is 2.23. The molecule has 1 rings (SSSR count). The van der Waals surface area contributed by atoms with Crippen LogP contribution >= 0.6 is 7.82 Å². The summed E-state index contributed by atoms with van der Waals surface area (Å²) in [6, 6.07) is 2.65. The van der Waals surface area contributed by atoms with Crippen molar-refractivity contribution in [3.8, 4) is 17.2 Å². The average molecular weight is 420 g/mol. The Bertz CT molecular complexity index is 628. The van der Waals surface area contributed by atoms with Crippen LogP contribution in [0.4, 0.5) is 0 Å². The van der Waals surface area contributed by atoms with Crippen LogP contribution in [0.2, 0.25) is 0 Å². The second-order valence-electron chi connectivity index (χ2n) is 7.66. The number of phosphoric acid groups is 1. The molecular weight excluding hydrogens is 385 g/mol. The minimum absolute atomic E-state index is 0.00849. The van der Waals surface area contributed by atoms with E-state index in [0.717, 1.165) is 17.4 Å². The van der Waals surface area contributed by atoms with E-state index >= 15 is 0 Å². The summed E-state index contributed by atoms with van der Waals surface area (Å²) < 4.78 is 22.7. The SMILES string of the molecule is CCCCCC[N+](C)(C)CCOP(=O)(O)OCCCc1cc(O)c(O)c(O)c1. The highest BCUT2D eigenvalue weighted by Crippen LogP contribution is 2.43. The smallest absolute Gasteiger partial charge is 0.472 e. The lowest BCUT2D eigenvalue weighted by molar-refractivity contribution is -0.890. The number of aryl methyl sites for hydroxylation is 1. The first kappa shape index (κ1) is 24.7. The first-order valence-electron chi connectivity index (χ1n) is 9.74. The average Bonchev–Trinajstić information content (AvgIpc) is 2.60. The molecule has 0 spiro atoms. The molecule has 0 amide bonds. The Labute approximate surface area is 167 Å².